The summed E-state index contributed by atoms with van der Waals surface area (Å²) in [5.41, 5.74) is -1.12. The first-order valence-electron chi connectivity index (χ1n) is 10.1. The van der Waals surface area contributed by atoms with Gasteiger partial charge in [-0.3, -0.25) is 0 Å². The van der Waals surface area contributed by atoms with Gasteiger partial charge in [-0.2, -0.15) is 0 Å². The Morgan fingerprint density at radius 1 is 1.30 bits per heavy atom. The smallest absolute Gasteiger partial charge is 0.192 e. The molecule has 1 saturated carbocycles. The van der Waals surface area contributed by atoms with E-state index in [0.29, 0.717) is 13.0 Å². The number of ether oxygens (including phenoxy) is 3. The molecule has 27 heavy (non-hydrogen) atoms. The Morgan fingerprint density at radius 2 is 2.07 bits per heavy atom. The van der Waals surface area contributed by atoms with Crippen LogP contribution in [0, 0.1) is 11.8 Å². The molecule has 1 aliphatic carbocycles. The summed E-state index contributed by atoms with van der Waals surface area (Å²) in [5.74, 6) is 5.94. The summed E-state index contributed by atoms with van der Waals surface area (Å²) in [6.07, 6.45) is 6.94. The first-order valence-corrected chi connectivity index (χ1v) is 13.0. The van der Waals surface area contributed by atoms with Gasteiger partial charge in [0.2, 0.25) is 0 Å². The average Bonchev–Trinajstić information content (AvgIpc) is 3.34. The van der Waals surface area contributed by atoms with Gasteiger partial charge in [-0.25, -0.2) is 0 Å². The molecule has 3 rings (SSSR count). The number of aliphatic hydroxyl groups is 1. The van der Waals surface area contributed by atoms with Crippen molar-refractivity contribution in [2.45, 2.75) is 94.8 Å². The first kappa shape index (κ1) is 21.0. The highest BCUT2D eigenvalue weighted by molar-refractivity contribution is 6.74. The normalized spacial score (nSPS) is 36.4. The van der Waals surface area contributed by atoms with Crippen molar-refractivity contribution in [3.05, 3.63) is 12.2 Å². The minimum atomic E-state index is -1.89. The number of epoxide rings is 1. The Kier molecular flexibility index (Phi) is 6.22. The van der Waals surface area contributed by atoms with Gasteiger partial charge in [-0.15, -0.1) is 0 Å². The molecule has 2 saturated heterocycles. The molecular weight excluding hydrogens is 360 g/mol. The number of rotatable bonds is 5. The first-order chi connectivity index (χ1) is 12.6. The summed E-state index contributed by atoms with van der Waals surface area (Å²) in [5, 5.41) is 11.0. The lowest BCUT2D eigenvalue weighted by molar-refractivity contribution is -0.155. The van der Waals surface area contributed by atoms with Gasteiger partial charge in [0.15, 0.2) is 20.2 Å². The molecule has 0 amide bonds. The molecule has 2 aliphatic heterocycles. The summed E-state index contributed by atoms with van der Waals surface area (Å²) in [7, 11) is -1.89. The van der Waals surface area contributed by atoms with Crippen LogP contribution in [0.25, 0.3) is 0 Å². The molecule has 0 radical (unpaired) electrons. The topological polar surface area (TPSA) is 60.5 Å². The second-order valence-corrected chi connectivity index (χ2v) is 14.1. The summed E-state index contributed by atoms with van der Waals surface area (Å²) < 4.78 is 23.3. The molecular formula is C21H34O5Si. The lowest BCUT2D eigenvalue weighted by Gasteiger charge is -2.39. The Morgan fingerprint density at radius 3 is 2.74 bits per heavy atom. The van der Waals surface area contributed by atoms with Crippen molar-refractivity contribution >= 4 is 8.32 Å². The van der Waals surface area contributed by atoms with E-state index in [0.717, 1.165) is 25.9 Å². The van der Waals surface area contributed by atoms with Crippen LogP contribution in [0.1, 0.15) is 46.5 Å². The van der Waals surface area contributed by atoms with Crippen LogP contribution in [0.5, 0.6) is 0 Å². The lowest BCUT2D eigenvalue weighted by atomic mass is 10.0. The van der Waals surface area contributed by atoms with Gasteiger partial charge in [0.05, 0.1) is 12.7 Å². The van der Waals surface area contributed by atoms with Crippen molar-refractivity contribution in [1.82, 2.24) is 0 Å². The number of hydrogen-bond donors (Lipinski definition) is 1. The van der Waals surface area contributed by atoms with E-state index in [2.05, 4.69) is 45.7 Å². The zero-order valence-corrected chi connectivity index (χ0v) is 18.3. The molecule has 0 aromatic rings. The monoisotopic (exact) mass is 394 g/mol. The highest BCUT2D eigenvalue weighted by Crippen LogP contribution is 2.49. The average molecular weight is 395 g/mol. The molecule has 6 heteroatoms. The van der Waals surface area contributed by atoms with E-state index in [9.17, 15) is 5.11 Å². The number of fused-ring (bicyclic) bond motifs is 1. The quantitative estimate of drug-likeness (QED) is 0.440. The van der Waals surface area contributed by atoms with Crippen molar-refractivity contribution in [3.8, 4) is 11.8 Å². The van der Waals surface area contributed by atoms with E-state index in [4.69, 9.17) is 18.6 Å². The number of allylic oxidation sites excluding steroid dienone is 1. The van der Waals surface area contributed by atoms with Gasteiger partial charge in [-0.1, -0.05) is 38.7 Å². The maximum absolute atomic E-state index is 10.9. The maximum atomic E-state index is 10.9. The molecule has 2 heterocycles. The maximum Gasteiger partial charge on any atom is 0.192 e. The molecule has 5 atom stereocenters. The van der Waals surface area contributed by atoms with E-state index in [1.807, 2.05) is 6.08 Å². The summed E-state index contributed by atoms with van der Waals surface area (Å²) in [6.45, 7) is 12.4. The highest BCUT2D eigenvalue weighted by atomic mass is 28.4. The van der Waals surface area contributed by atoms with Crippen LogP contribution in [-0.4, -0.2) is 56.8 Å². The van der Waals surface area contributed by atoms with Crippen LogP contribution in [0.3, 0.4) is 0 Å². The molecule has 2 unspecified atom stereocenters. The fraction of sp³-hybridized carbons (Fsp3) is 0.810. The minimum absolute atomic E-state index is 0.0193. The van der Waals surface area contributed by atoms with E-state index >= 15 is 0 Å². The Labute approximate surface area is 164 Å². The van der Waals surface area contributed by atoms with Crippen LogP contribution < -0.4 is 0 Å². The van der Waals surface area contributed by atoms with E-state index < -0.39 is 13.9 Å². The third kappa shape index (κ3) is 5.03. The van der Waals surface area contributed by atoms with Crippen molar-refractivity contribution in [2.24, 2.45) is 0 Å². The summed E-state index contributed by atoms with van der Waals surface area (Å²) in [4.78, 5) is 0. The molecule has 5 nitrogen and oxygen atoms in total. The van der Waals surface area contributed by atoms with Crippen molar-refractivity contribution < 1.29 is 23.7 Å². The van der Waals surface area contributed by atoms with E-state index in [1.54, 1.807) is 6.08 Å². The Hall–Kier alpha value is -0.683. The predicted molar refractivity (Wildman–Crippen MR) is 107 cm³/mol. The van der Waals surface area contributed by atoms with E-state index in [1.165, 1.54) is 0 Å². The van der Waals surface area contributed by atoms with E-state index in [-0.39, 0.29) is 29.6 Å². The molecule has 152 valence electrons. The van der Waals surface area contributed by atoms with Crippen molar-refractivity contribution in [3.63, 3.8) is 0 Å². The Bertz CT molecular complexity index is 608. The van der Waals surface area contributed by atoms with Gasteiger partial charge in [0, 0.05) is 13.0 Å². The minimum Gasteiger partial charge on any atom is -0.411 e. The van der Waals surface area contributed by atoms with Crippen molar-refractivity contribution in [1.29, 1.82) is 0 Å². The number of hydrogen-bond acceptors (Lipinski definition) is 5. The van der Waals surface area contributed by atoms with Gasteiger partial charge in [0.25, 0.3) is 0 Å². The zero-order valence-electron chi connectivity index (χ0n) is 17.3. The van der Waals surface area contributed by atoms with Crippen LogP contribution in [0.2, 0.25) is 18.1 Å². The predicted octanol–water partition coefficient (Wildman–Crippen LogP) is 3.38. The van der Waals surface area contributed by atoms with Gasteiger partial charge < -0.3 is 23.7 Å². The van der Waals surface area contributed by atoms with Gasteiger partial charge in [0.1, 0.15) is 12.2 Å². The zero-order chi connectivity index (χ0) is 19.7. The van der Waals surface area contributed by atoms with Crippen LogP contribution in [0.4, 0.5) is 0 Å². The molecule has 1 N–H and O–H groups in total. The second kappa shape index (κ2) is 7.98. The van der Waals surface area contributed by atoms with Crippen LogP contribution in [0.15, 0.2) is 12.2 Å². The molecule has 0 spiro atoms. The van der Waals surface area contributed by atoms with Gasteiger partial charge in [-0.05, 0) is 43.5 Å². The highest BCUT2D eigenvalue weighted by Gasteiger charge is 2.66. The fourth-order valence-corrected chi connectivity index (χ4v) is 4.72. The second-order valence-electron chi connectivity index (χ2n) is 9.37. The summed E-state index contributed by atoms with van der Waals surface area (Å²) >= 11 is 0. The SMILES string of the molecule is CC(C)(C)[Si](C)(C)O[C@@H]1CC(O)(C#C/C=C\COC2CCCCO2)[C@H]2O[C@H]12. The molecule has 3 fully saturated rings. The van der Waals surface area contributed by atoms with Crippen LogP contribution in [-0.2, 0) is 18.6 Å². The molecule has 3 aliphatic rings. The largest absolute Gasteiger partial charge is 0.411 e. The molecule has 0 bridgehead atoms. The fourth-order valence-electron chi connectivity index (χ4n) is 3.40. The summed E-state index contributed by atoms with van der Waals surface area (Å²) in [6, 6.07) is 0. The standard InChI is InChI=1S/C21H34O5Si/c1-20(2,3)27(4,5)26-16-15-21(22,19-18(16)25-19)12-8-6-9-13-23-17-11-7-10-14-24-17/h6,9,16-19,22H,7,10-11,13-15H2,1-5H3/b9-6-/t16-,17?,18-,19+,21?/m1/s1. The van der Waals surface area contributed by atoms with Crippen molar-refractivity contribution in [2.75, 3.05) is 13.2 Å². The lowest BCUT2D eigenvalue weighted by Crippen LogP contribution is -2.45. The Balaban J connectivity index is 1.48. The van der Waals surface area contributed by atoms with Gasteiger partial charge >= 0.3 is 0 Å². The van der Waals surface area contributed by atoms with Crippen LogP contribution >= 0.6 is 0 Å². The third-order valence-corrected chi connectivity index (χ3v) is 10.6. The third-order valence-electron chi connectivity index (χ3n) is 6.13. The molecule has 0 aromatic carbocycles. The molecule has 0 aromatic heterocycles.